The minimum absolute atomic E-state index is 0.000324. The molecule has 596 valence electrons. The number of rotatable bonds is 33. The number of nitrogens with zero attached hydrogens (tertiary/aromatic N) is 6. The van der Waals surface area contributed by atoms with Crippen LogP contribution in [0.2, 0.25) is 0 Å². The molecule has 13 atom stereocenters. The smallest absolute Gasteiger partial charge is 0.416 e. The molecule has 6 aliphatic heterocycles. The number of hydrogen-bond acceptors (Lipinski definition) is 29. The molecule has 7 heterocycles. The predicted molar refractivity (Wildman–Crippen MR) is 385 cm³/mol. The van der Waals surface area contributed by atoms with Crippen LogP contribution in [0.3, 0.4) is 0 Å². The van der Waals surface area contributed by atoms with Crippen molar-refractivity contribution in [3.8, 4) is 28.7 Å². The van der Waals surface area contributed by atoms with Crippen LogP contribution in [0, 0.1) is 6.92 Å². The Kier molecular flexibility index (Phi) is 27.3. The number of aromatic nitrogens is 2. The van der Waals surface area contributed by atoms with Crippen molar-refractivity contribution in [3.63, 3.8) is 0 Å². The molecule has 10 N–H and O–H groups in total. The zero-order chi connectivity index (χ0) is 78.8. The topological polar surface area (TPSA) is 441 Å². The Morgan fingerprint density at radius 3 is 1.73 bits per heavy atom. The first kappa shape index (κ1) is 81.8. The number of carbonyl (C=O) groups is 6. The van der Waals surface area contributed by atoms with Crippen LogP contribution in [0.5, 0.6) is 28.7 Å². The van der Waals surface area contributed by atoms with Gasteiger partial charge in [0.25, 0.3) is 11.8 Å². The molecule has 34 heteroatoms. The van der Waals surface area contributed by atoms with Gasteiger partial charge in [-0.15, -0.1) is 0 Å². The van der Waals surface area contributed by atoms with Gasteiger partial charge >= 0.3 is 12.2 Å². The number of aliphatic hydroxyl groups excluding tert-OH is 8. The number of carbonyl (C=O) groups excluding carboxylic acids is 6. The number of fused-ring (bicyclic) bond motifs is 4. The number of unbranched alkanes of at least 4 members (excludes halogenated alkanes) is 1. The minimum Gasteiger partial charge on any atom is -0.493 e. The van der Waals surface area contributed by atoms with E-state index in [4.69, 9.17) is 67.8 Å². The van der Waals surface area contributed by atoms with Crippen LogP contribution >= 0.6 is 0 Å². The molecule has 4 fully saturated rings. The molecule has 5 aromatic rings. The lowest BCUT2D eigenvalue weighted by atomic mass is 9.99. The first-order valence-corrected chi connectivity index (χ1v) is 36.2. The number of ether oxygens (including phenoxy) is 12. The maximum Gasteiger partial charge on any atom is 0.416 e. The van der Waals surface area contributed by atoms with Gasteiger partial charge in [0, 0.05) is 51.8 Å². The number of ketones is 2. The molecule has 0 aliphatic carbocycles. The fourth-order valence-corrected chi connectivity index (χ4v) is 13.8. The molecule has 0 radical (unpaired) electrons. The summed E-state index contributed by atoms with van der Waals surface area (Å²) >= 11 is 0. The number of methoxy groups -OCH3 is 2. The zero-order valence-corrected chi connectivity index (χ0v) is 61.7. The van der Waals surface area contributed by atoms with Crippen LogP contribution in [0.25, 0.3) is 0 Å². The normalized spacial score (nSPS) is 24.4. The van der Waals surface area contributed by atoms with E-state index in [1.807, 2.05) is 6.92 Å². The highest BCUT2D eigenvalue weighted by molar-refractivity contribution is 6.07. The Morgan fingerprint density at radius 1 is 0.600 bits per heavy atom. The minimum atomic E-state index is -1.71. The third-order valence-electron chi connectivity index (χ3n) is 19.8. The summed E-state index contributed by atoms with van der Waals surface area (Å²) in [5.41, 5.74) is 2.98. The highest BCUT2D eigenvalue weighted by Gasteiger charge is 2.49. The summed E-state index contributed by atoms with van der Waals surface area (Å²) in [6.45, 7) is 13.0. The van der Waals surface area contributed by atoms with Gasteiger partial charge in [0.05, 0.1) is 111 Å². The second kappa shape index (κ2) is 36.8. The molecule has 0 saturated carbocycles. The molecule has 11 rings (SSSR count). The molecule has 4 aromatic carbocycles. The number of aryl methyl sites for hydroxylation is 1. The molecular formula is C76H95N7O27. The Hall–Kier alpha value is -9.21. The van der Waals surface area contributed by atoms with Gasteiger partial charge in [0.15, 0.2) is 35.5 Å². The van der Waals surface area contributed by atoms with E-state index in [1.165, 1.54) is 85.5 Å². The molecule has 110 heavy (non-hydrogen) atoms. The Labute approximate surface area is 633 Å². The lowest BCUT2D eigenvalue weighted by molar-refractivity contribution is -0.268. The number of benzene rings is 4. The van der Waals surface area contributed by atoms with Crippen molar-refractivity contribution in [3.05, 3.63) is 141 Å². The zero-order valence-electron chi connectivity index (χ0n) is 61.7. The number of nitrogens with two attached hydrogens (primary N) is 1. The quantitative estimate of drug-likeness (QED) is 0.0125. The van der Waals surface area contributed by atoms with Gasteiger partial charge in [0.1, 0.15) is 86.0 Å². The summed E-state index contributed by atoms with van der Waals surface area (Å²) in [4.78, 5) is 95.7. The number of Topliss-reactive ketones (excluding diaryl/α,β-unsaturated/α-hetero) is 2. The first-order valence-electron chi connectivity index (χ1n) is 36.2. The first-order chi connectivity index (χ1) is 52.8. The van der Waals surface area contributed by atoms with E-state index < -0.39 is 123 Å². The van der Waals surface area contributed by atoms with Gasteiger partial charge in [-0.3, -0.25) is 23.9 Å². The summed E-state index contributed by atoms with van der Waals surface area (Å²) in [7, 11) is 2.84. The number of hydrogen-bond donors (Lipinski definition) is 9. The fraction of sp³-hybridized carbons (Fsp3) is 0.513. The van der Waals surface area contributed by atoms with Crippen LogP contribution in [-0.4, -0.2) is 249 Å². The summed E-state index contributed by atoms with van der Waals surface area (Å²) < 4.78 is 71.9. The molecule has 6 aliphatic rings. The van der Waals surface area contributed by atoms with Gasteiger partial charge in [0.2, 0.25) is 12.6 Å². The predicted octanol–water partition coefficient (Wildman–Crippen LogP) is 3.78. The molecule has 0 bridgehead atoms. The Bertz CT molecular complexity index is 4170. The van der Waals surface area contributed by atoms with Crippen molar-refractivity contribution in [1.82, 2.24) is 19.6 Å². The number of anilines is 2. The van der Waals surface area contributed by atoms with Crippen LogP contribution in [0.4, 0.5) is 21.0 Å². The van der Waals surface area contributed by atoms with E-state index in [9.17, 15) is 69.6 Å². The highest BCUT2D eigenvalue weighted by Crippen LogP contribution is 2.44. The maximum atomic E-state index is 14.8. The SMILES string of the molecule is C=C1C[C@H]2C(O)N(C(=O)OCc3ccc(OC4OC(C)[C@@H](O)[C@H](O)[C@H]4O)c(C(=O)CCCC)c3)c3cc(OCc4cc(COc5cc6c(cc5OC)C(=O)N5CC(=C)C[C@H]5C(O)N6C(=O)OCc5ccc(O[C@@H]6OC[C@@H](O)[C@H](O)[C@H]6O)c(C(=O)CCCOC)c5)nn4CCOCCOCCON)c(C)cc3C(=O)N2C1. The fourth-order valence-electron chi connectivity index (χ4n) is 13.8. The highest BCUT2D eigenvalue weighted by atomic mass is 16.7. The van der Waals surface area contributed by atoms with Gasteiger partial charge in [-0.1, -0.05) is 49.8 Å². The monoisotopic (exact) mass is 1540 g/mol. The maximum absolute atomic E-state index is 14.8. The Balaban J connectivity index is 0.852. The third-order valence-corrected chi connectivity index (χ3v) is 19.8. The molecule has 4 amide bonds. The van der Waals surface area contributed by atoms with Gasteiger partial charge in [-0.05, 0) is 98.7 Å². The standard InChI is InChI=1S/C76H95N7O27/c1-8-9-11-56(84)50-27-45(14-16-60(50)110-74-68(91)66(89)64(87)43(5)108-74)36-105-75(96)82-52-31-61(42(4)26-48(52)69(92)79-33-40(2)24-54(79)71(82)94)103-38-47-29-46(78-81(47)17-19-100-20-21-101-22-23-107-77)37-102-63-32-53-49(30-62(63)99-7)70(93)80-34-41(3)25-55(80)72(95)83(53)76(97)106-35-44-13-15-59(51(28-44)57(85)12-10-18-98-6)109-73-67(90)65(88)58(86)39-104-73/h13-16,26-32,43,54-55,58,64-68,71-74,86-91,94-95H,2-3,8-12,17-25,33-39,77H2,1,4-7H3/t43?,54-,55-,58+,64+,65-,66-,67+,68+,71?,72?,73-,74?/m0/s1. The van der Waals surface area contributed by atoms with Gasteiger partial charge < -0.3 is 112 Å². The second-order valence-corrected chi connectivity index (χ2v) is 27.6. The van der Waals surface area contributed by atoms with E-state index in [1.54, 1.807) is 23.7 Å². The molecule has 4 unspecified atom stereocenters. The van der Waals surface area contributed by atoms with Gasteiger partial charge in [-0.2, -0.15) is 5.10 Å². The number of aliphatic hydroxyl groups is 8. The van der Waals surface area contributed by atoms with Crippen LogP contribution in [-0.2, 0) is 71.0 Å². The average Bonchev–Trinajstić information content (AvgIpc) is 1.59. The average molecular weight is 1540 g/mol. The molecule has 0 spiro atoms. The van der Waals surface area contributed by atoms with Crippen molar-refractivity contribution < 1.29 is 131 Å². The van der Waals surface area contributed by atoms with E-state index in [0.29, 0.717) is 52.9 Å². The van der Waals surface area contributed by atoms with Crippen molar-refractivity contribution in [2.24, 2.45) is 5.90 Å². The van der Waals surface area contributed by atoms with Crippen LogP contribution in [0.1, 0.15) is 128 Å². The molecule has 34 nitrogen and oxygen atoms in total. The summed E-state index contributed by atoms with van der Waals surface area (Å²) in [5, 5.41) is 92.1. The lowest BCUT2D eigenvalue weighted by Crippen LogP contribution is -2.58. The Morgan fingerprint density at radius 2 is 1.15 bits per heavy atom. The van der Waals surface area contributed by atoms with E-state index >= 15 is 0 Å². The summed E-state index contributed by atoms with van der Waals surface area (Å²) in [6, 6.07) is 14.2. The van der Waals surface area contributed by atoms with Crippen molar-refractivity contribution in [2.75, 3.05) is 83.4 Å². The molecule has 4 saturated heterocycles. The van der Waals surface area contributed by atoms with Crippen LogP contribution in [0.15, 0.2) is 91.0 Å². The largest absolute Gasteiger partial charge is 0.493 e. The van der Waals surface area contributed by atoms with Gasteiger partial charge in [-0.25, -0.2) is 25.3 Å². The summed E-state index contributed by atoms with van der Waals surface area (Å²) in [5.74, 6) is 3.51. The van der Waals surface area contributed by atoms with Crippen molar-refractivity contribution >= 4 is 46.9 Å². The van der Waals surface area contributed by atoms with Crippen molar-refractivity contribution in [2.45, 2.75) is 179 Å². The van der Waals surface area contributed by atoms with E-state index in [-0.39, 0.29) is 179 Å². The molecular weight excluding hydrogens is 1440 g/mol. The van der Waals surface area contributed by atoms with E-state index in [2.05, 4.69) is 18.0 Å². The van der Waals surface area contributed by atoms with Crippen molar-refractivity contribution in [1.29, 1.82) is 0 Å². The number of amides is 4. The van der Waals surface area contributed by atoms with Crippen LogP contribution < -0.4 is 39.4 Å². The second-order valence-electron chi connectivity index (χ2n) is 27.6. The molecule has 1 aromatic heterocycles. The lowest BCUT2D eigenvalue weighted by Gasteiger charge is -2.39. The van der Waals surface area contributed by atoms with E-state index in [0.717, 1.165) is 9.80 Å². The summed E-state index contributed by atoms with van der Waals surface area (Å²) in [6.07, 6.45) is -16.9. The third kappa shape index (κ3) is 18.4.